The largest absolute Gasteiger partial charge is 0.341 e. The van der Waals surface area contributed by atoms with Crippen LogP contribution in [-0.4, -0.2) is 36.5 Å². The fraction of sp³-hybridized carbons (Fsp3) is 0.933. The maximum Gasteiger partial charge on any atom is 0.239 e. The molecule has 3 nitrogen and oxygen atoms in total. The lowest BCUT2D eigenvalue weighted by Crippen LogP contribution is -2.45. The van der Waals surface area contributed by atoms with Crippen molar-refractivity contribution in [1.29, 1.82) is 0 Å². The van der Waals surface area contributed by atoms with Crippen LogP contribution < -0.4 is 5.32 Å². The third-order valence-electron chi connectivity index (χ3n) is 4.48. The van der Waals surface area contributed by atoms with Crippen LogP contribution in [0, 0.1) is 5.92 Å². The van der Waals surface area contributed by atoms with Gasteiger partial charge in [0.1, 0.15) is 0 Å². The first-order valence-corrected chi connectivity index (χ1v) is 7.79. The summed E-state index contributed by atoms with van der Waals surface area (Å²) in [6, 6.07) is 0.00588. The van der Waals surface area contributed by atoms with Gasteiger partial charge in [-0.25, -0.2) is 0 Å². The zero-order chi connectivity index (χ0) is 12.8. The minimum Gasteiger partial charge on any atom is -0.341 e. The molecular weight excluding hydrogens is 224 g/mol. The monoisotopic (exact) mass is 252 g/mol. The molecule has 1 saturated carbocycles. The Morgan fingerprint density at radius 3 is 2.33 bits per heavy atom. The Kier molecular flexibility index (Phi) is 5.48. The summed E-state index contributed by atoms with van der Waals surface area (Å²) in [6.07, 6.45) is 10.6. The van der Waals surface area contributed by atoms with Crippen molar-refractivity contribution in [1.82, 2.24) is 10.2 Å². The van der Waals surface area contributed by atoms with E-state index in [9.17, 15) is 4.79 Å². The molecule has 1 atom stereocenters. The van der Waals surface area contributed by atoms with Gasteiger partial charge in [0.2, 0.25) is 5.91 Å². The summed E-state index contributed by atoms with van der Waals surface area (Å²) in [5.41, 5.74) is 0. The molecule has 1 aliphatic heterocycles. The van der Waals surface area contributed by atoms with Crippen LogP contribution in [0.25, 0.3) is 0 Å². The first-order chi connectivity index (χ1) is 8.77. The quantitative estimate of drug-likeness (QED) is 0.780. The lowest BCUT2D eigenvalue weighted by molar-refractivity contribution is -0.132. The minimum atomic E-state index is 0.00588. The Morgan fingerprint density at radius 1 is 1.11 bits per heavy atom. The van der Waals surface area contributed by atoms with Gasteiger partial charge in [-0.3, -0.25) is 4.79 Å². The zero-order valence-corrected chi connectivity index (χ0v) is 11.8. The first kappa shape index (κ1) is 13.9. The predicted molar refractivity (Wildman–Crippen MR) is 74.5 cm³/mol. The highest BCUT2D eigenvalue weighted by molar-refractivity contribution is 5.81. The minimum absolute atomic E-state index is 0.00588. The van der Waals surface area contributed by atoms with Gasteiger partial charge in [-0.15, -0.1) is 0 Å². The number of carbonyl (C=O) groups excluding carboxylic acids is 1. The fourth-order valence-corrected chi connectivity index (χ4v) is 3.21. The topological polar surface area (TPSA) is 32.3 Å². The molecule has 1 heterocycles. The second-order valence-electron chi connectivity index (χ2n) is 6.02. The normalized spacial score (nSPS) is 23.9. The predicted octanol–water partition coefficient (Wildman–Crippen LogP) is 2.56. The van der Waals surface area contributed by atoms with Gasteiger partial charge in [0, 0.05) is 13.1 Å². The van der Waals surface area contributed by atoms with E-state index in [1.54, 1.807) is 0 Å². The van der Waals surface area contributed by atoms with Gasteiger partial charge in [-0.2, -0.15) is 0 Å². The molecule has 3 heteroatoms. The standard InChI is InChI=1S/C15H28N2O/c1-13(15(18)17-10-6-7-11-17)16-12-14-8-4-2-3-5-9-14/h13-14,16H,2-12H2,1H3. The zero-order valence-electron chi connectivity index (χ0n) is 11.8. The highest BCUT2D eigenvalue weighted by atomic mass is 16.2. The Morgan fingerprint density at radius 2 is 1.72 bits per heavy atom. The number of amides is 1. The van der Waals surface area contributed by atoms with E-state index >= 15 is 0 Å². The van der Waals surface area contributed by atoms with Gasteiger partial charge in [0.05, 0.1) is 6.04 Å². The van der Waals surface area contributed by atoms with Gasteiger partial charge in [-0.1, -0.05) is 25.7 Å². The summed E-state index contributed by atoms with van der Waals surface area (Å²) in [7, 11) is 0. The summed E-state index contributed by atoms with van der Waals surface area (Å²) in [5.74, 6) is 1.10. The van der Waals surface area contributed by atoms with Crippen molar-refractivity contribution in [2.75, 3.05) is 19.6 Å². The van der Waals surface area contributed by atoms with Crippen molar-refractivity contribution in [2.45, 2.75) is 64.3 Å². The van der Waals surface area contributed by atoms with E-state index in [0.717, 1.165) is 25.6 Å². The molecule has 1 saturated heterocycles. The van der Waals surface area contributed by atoms with Crippen molar-refractivity contribution in [3.63, 3.8) is 0 Å². The molecule has 1 unspecified atom stereocenters. The average Bonchev–Trinajstić information content (AvgIpc) is 2.79. The summed E-state index contributed by atoms with van der Waals surface area (Å²) in [4.78, 5) is 14.2. The number of nitrogens with zero attached hydrogens (tertiary/aromatic N) is 1. The van der Waals surface area contributed by atoms with Crippen molar-refractivity contribution >= 4 is 5.91 Å². The third kappa shape index (κ3) is 3.98. The van der Waals surface area contributed by atoms with Gasteiger partial charge in [-0.05, 0) is 45.1 Å². The maximum absolute atomic E-state index is 12.1. The SMILES string of the molecule is CC(NCC1CCCCCC1)C(=O)N1CCCC1. The average molecular weight is 252 g/mol. The fourth-order valence-electron chi connectivity index (χ4n) is 3.21. The molecule has 18 heavy (non-hydrogen) atoms. The van der Waals surface area contributed by atoms with Gasteiger partial charge in [0.25, 0.3) is 0 Å². The van der Waals surface area contributed by atoms with E-state index < -0.39 is 0 Å². The van der Waals surface area contributed by atoms with E-state index in [0.29, 0.717) is 5.91 Å². The second-order valence-corrected chi connectivity index (χ2v) is 6.02. The number of nitrogens with one attached hydrogen (secondary N) is 1. The number of rotatable bonds is 4. The smallest absolute Gasteiger partial charge is 0.239 e. The van der Waals surface area contributed by atoms with Crippen molar-refractivity contribution < 1.29 is 4.79 Å². The Labute approximate surface area is 111 Å². The molecule has 0 aromatic heterocycles. The second kappa shape index (κ2) is 7.13. The van der Waals surface area contributed by atoms with E-state index in [-0.39, 0.29) is 6.04 Å². The van der Waals surface area contributed by atoms with E-state index in [1.807, 2.05) is 11.8 Å². The molecule has 1 amide bonds. The lowest BCUT2D eigenvalue weighted by atomic mass is 10.00. The molecule has 0 aromatic carbocycles. The molecule has 1 N–H and O–H groups in total. The van der Waals surface area contributed by atoms with E-state index in [2.05, 4.69) is 5.32 Å². The van der Waals surface area contributed by atoms with Crippen LogP contribution in [0.15, 0.2) is 0 Å². The number of hydrogen-bond acceptors (Lipinski definition) is 2. The summed E-state index contributed by atoms with van der Waals surface area (Å²) >= 11 is 0. The molecule has 1 aliphatic carbocycles. The summed E-state index contributed by atoms with van der Waals surface area (Å²) in [5, 5.41) is 3.47. The molecule has 2 rings (SSSR count). The van der Waals surface area contributed by atoms with Gasteiger partial charge >= 0.3 is 0 Å². The molecule has 0 radical (unpaired) electrons. The molecule has 0 aromatic rings. The van der Waals surface area contributed by atoms with Crippen LogP contribution in [0.5, 0.6) is 0 Å². The number of likely N-dealkylation sites (tertiary alicyclic amines) is 1. The van der Waals surface area contributed by atoms with Crippen LogP contribution in [0.2, 0.25) is 0 Å². The number of carbonyl (C=O) groups is 1. The Bertz CT molecular complexity index is 253. The van der Waals surface area contributed by atoms with Crippen LogP contribution in [-0.2, 0) is 4.79 Å². The van der Waals surface area contributed by atoms with Crippen LogP contribution in [0.3, 0.4) is 0 Å². The van der Waals surface area contributed by atoms with Crippen LogP contribution >= 0.6 is 0 Å². The molecule has 104 valence electrons. The van der Waals surface area contributed by atoms with Crippen LogP contribution in [0.4, 0.5) is 0 Å². The van der Waals surface area contributed by atoms with Crippen molar-refractivity contribution in [2.24, 2.45) is 5.92 Å². The molecule has 2 aliphatic rings. The summed E-state index contributed by atoms with van der Waals surface area (Å²) < 4.78 is 0. The molecule has 2 fully saturated rings. The van der Waals surface area contributed by atoms with Gasteiger partial charge < -0.3 is 10.2 Å². The van der Waals surface area contributed by atoms with Crippen molar-refractivity contribution in [3.8, 4) is 0 Å². The Balaban J connectivity index is 1.69. The van der Waals surface area contributed by atoms with Gasteiger partial charge in [0.15, 0.2) is 0 Å². The van der Waals surface area contributed by atoms with E-state index in [1.165, 1.54) is 51.4 Å². The molecular formula is C15H28N2O. The Hall–Kier alpha value is -0.570. The first-order valence-electron chi connectivity index (χ1n) is 7.79. The van der Waals surface area contributed by atoms with Crippen LogP contribution in [0.1, 0.15) is 58.3 Å². The summed E-state index contributed by atoms with van der Waals surface area (Å²) in [6.45, 7) is 4.99. The highest BCUT2D eigenvalue weighted by Crippen LogP contribution is 2.22. The molecule has 0 spiro atoms. The van der Waals surface area contributed by atoms with Crippen molar-refractivity contribution in [3.05, 3.63) is 0 Å². The third-order valence-corrected chi connectivity index (χ3v) is 4.48. The maximum atomic E-state index is 12.1. The molecule has 0 bridgehead atoms. The highest BCUT2D eigenvalue weighted by Gasteiger charge is 2.23. The number of hydrogen-bond donors (Lipinski definition) is 1. The lowest BCUT2D eigenvalue weighted by Gasteiger charge is -2.23. The van der Waals surface area contributed by atoms with E-state index in [4.69, 9.17) is 0 Å².